The van der Waals surface area contributed by atoms with Gasteiger partial charge in [0.05, 0.1) is 0 Å². The Hall–Kier alpha value is -2.11. The van der Waals surface area contributed by atoms with E-state index < -0.39 is 6.10 Å². The minimum Gasteiger partial charge on any atom is -0.462 e. The van der Waals surface area contributed by atoms with Crippen molar-refractivity contribution in [2.45, 2.75) is 367 Å². The van der Waals surface area contributed by atoms with E-state index in [1.165, 1.54) is 257 Å². The number of ether oxygens (including phenoxy) is 3. The molecule has 0 fully saturated rings. The molecule has 0 rings (SSSR count). The standard InChI is InChI=1S/C66H124O6/c1-4-7-10-13-16-19-22-25-28-31-32-33-34-36-38-41-44-47-50-53-56-59-65(68)71-62-63(61-70-64(67)58-55-52-49-46-43-40-37-30-27-24-21-18-15-12-9-6-3)72-66(69)60-57-54-51-48-45-42-39-35-29-26-23-20-17-14-11-8-5-2/h26,29-30,37,63H,4-25,27-28,31-36,38-62H2,1-3H3/b29-26-,37-30-. The van der Waals surface area contributed by atoms with E-state index in [-0.39, 0.29) is 31.1 Å². The average molecular weight is 1010 g/mol. The van der Waals surface area contributed by atoms with Gasteiger partial charge in [-0.05, 0) is 70.6 Å². The zero-order valence-corrected chi connectivity index (χ0v) is 48.7. The van der Waals surface area contributed by atoms with Crippen molar-refractivity contribution in [3.05, 3.63) is 24.3 Å². The molecule has 0 heterocycles. The Labute approximate surface area is 449 Å². The van der Waals surface area contributed by atoms with Crippen LogP contribution in [0, 0.1) is 0 Å². The summed E-state index contributed by atoms with van der Waals surface area (Å²) in [6.45, 7) is 6.69. The Morgan fingerprint density at radius 3 is 0.694 bits per heavy atom. The van der Waals surface area contributed by atoms with Gasteiger partial charge in [0.25, 0.3) is 0 Å². The summed E-state index contributed by atoms with van der Waals surface area (Å²) in [5, 5.41) is 0. The first-order chi connectivity index (χ1) is 35.5. The maximum absolute atomic E-state index is 12.9. The summed E-state index contributed by atoms with van der Waals surface area (Å²) in [6.07, 6.45) is 73.2. The van der Waals surface area contributed by atoms with E-state index in [0.29, 0.717) is 19.3 Å². The molecule has 0 radical (unpaired) electrons. The number of carbonyl (C=O) groups excluding carboxylic acids is 3. The van der Waals surface area contributed by atoms with Crippen molar-refractivity contribution >= 4 is 17.9 Å². The number of rotatable bonds is 60. The zero-order valence-electron chi connectivity index (χ0n) is 48.7. The first-order valence-corrected chi connectivity index (χ1v) is 32.3. The summed E-state index contributed by atoms with van der Waals surface area (Å²) >= 11 is 0. The Kier molecular flexibility index (Phi) is 59.6. The van der Waals surface area contributed by atoms with Gasteiger partial charge in [0.1, 0.15) is 13.2 Å². The van der Waals surface area contributed by atoms with E-state index >= 15 is 0 Å². The van der Waals surface area contributed by atoms with Crippen LogP contribution < -0.4 is 0 Å². The minimum atomic E-state index is -0.774. The highest BCUT2D eigenvalue weighted by molar-refractivity contribution is 5.71. The Morgan fingerprint density at radius 1 is 0.264 bits per heavy atom. The number of unbranched alkanes of at least 4 members (excludes halogenated alkanes) is 45. The van der Waals surface area contributed by atoms with Crippen LogP contribution >= 0.6 is 0 Å². The second-order valence-electron chi connectivity index (χ2n) is 22.0. The molecule has 0 aromatic heterocycles. The van der Waals surface area contributed by atoms with Crippen LogP contribution in [-0.4, -0.2) is 37.2 Å². The molecular formula is C66H124O6. The first-order valence-electron chi connectivity index (χ1n) is 32.3. The molecule has 1 unspecified atom stereocenters. The lowest BCUT2D eigenvalue weighted by atomic mass is 10.0. The molecule has 0 aliphatic carbocycles. The normalized spacial score (nSPS) is 12.1. The van der Waals surface area contributed by atoms with Crippen LogP contribution in [-0.2, 0) is 28.6 Å². The van der Waals surface area contributed by atoms with Gasteiger partial charge in [0, 0.05) is 19.3 Å². The van der Waals surface area contributed by atoms with E-state index in [1.54, 1.807) is 0 Å². The van der Waals surface area contributed by atoms with Crippen molar-refractivity contribution in [2.24, 2.45) is 0 Å². The van der Waals surface area contributed by atoms with E-state index in [9.17, 15) is 14.4 Å². The molecule has 0 N–H and O–H groups in total. The van der Waals surface area contributed by atoms with Crippen LogP contribution in [0.15, 0.2) is 24.3 Å². The number of hydrogen-bond donors (Lipinski definition) is 0. The lowest BCUT2D eigenvalue weighted by molar-refractivity contribution is -0.167. The molecule has 0 aromatic carbocycles. The highest BCUT2D eigenvalue weighted by Gasteiger charge is 2.19. The molecule has 0 spiro atoms. The second kappa shape index (κ2) is 61.4. The largest absolute Gasteiger partial charge is 0.462 e. The van der Waals surface area contributed by atoms with Crippen molar-refractivity contribution in [1.82, 2.24) is 0 Å². The SMILES string of the molecule is CCCCCCCC/C=C\CCCCCCCCCC(=O)OC(COC(=O)CCCCCCC/C=C\CCCCCCCCC)COC(=O)CCCCCCCCCCCCCCCCCCCCCCC. The third kappa shape index (κ3) is 58.8. The summed E-state index contributed by atoms with van der Waals surface area (Å²) in [4.78, 5) is 38.3. The molecule has 0 bridgehead atoms. The lowest BCUT2D eigenvalue weighted by Gasteiger charge is -2.18. The topological polar surface area (TPSA) is 78.9 Å². The molecule has 0 aliphatic rings. The van der Waals surface area contributed by atoms with E-state index in [1.807, 2.05) is 0 Å². The van der Waals surface area contributed by atoms with Gasteiger partial charge >= 0.3 is 17.9 Å². The van der Waals surface area contributed by atoms with Gasteiger partial charge in [-0.25, -0.2) is 0 Å². The molecule has 0 saturated carbocycles. The first kappa shape index (κ1) is 69.9. The molecule has 0 amide bonds. The number of allylic oxidation sites excluding steroid dienone is 4. The van der Waals surface area contributed by atoms with Crippen molar-refractivity contribution in [3.8, 4) is 0 Å². The summed E-state index contributed by atoms with van der Waals surface area (Å²) in [7, 11) is 0. The maximum atomic E-state index is 12.9. The second-order valence-corrected chi connectivity index (χ2v) is 22.0. The molecule has 0 aliphatic heterocycles. The van der Waals surface area contributed by atoms with Crippen molar-refractivity contribution in [1.29, 1.82) is 0 Å². The summed E-state index contributed by atoms with van der Waals surface area (Å²) < 4.78 is 16.9. The van der Waals surface area contributed by atoms with Gasteiger partial charge in [-0.15, -0.1) is 0 Å². The summed E-state index contributed by atoms with van der Waals surface area (Å²) in [6, 6.07) is 0. The molecule has 0 saturated heterocycles. The Bertz CT molecular complexity index is 1160. The van der Waals surface area contributed by atoms with Gasteiger partial charge in [-0.3, -0.25) is 14.4 Å². The predicted molar refractivity (Wildman–Crippen MR) is 312 cm³/mol. The number of carbonyl (C=O) groups is 3. The van der Waals surface area contributed by atoms with Crippen molar-refractivity contribution < 1.29 is 28.6 Å². The quantitative estimate of drug-likeness (QED) is 0.0261. The van der Waals surface area contributed by atoms with Gasteiger partial charge in [0.2, 0.25) is 0 Å². The van der Waals surface area contributed by atoms with Crippen molar-refractivity contribution in [2.75, 3.05) is 13.2 Å². The molecular weight excluding hydrogens is 889 g/mol. The van der Waals surface area contributed by atoms with Crippen molar-refractivity contribution in [3.63, 3.8) is 0 Å². The van der Waals surface area contributed by atoms with E-state index in [0.717, 1.165) is 64.2 Å². The average Bonchev–Trinajstić information content (AvgIpc) is 3.38. The Balaban J connectivity index is 4.31. The minimum absolute atomic E-state index is 0.0706. The number of hydrogen-bond acceptors (Lipinski definition) is 6. The van der Waals surface area contributed by atoms with Crippen LogP contribution in [0.2, 0.25) is 0 Å². The van der Waals surface area contributed by atoms with Gasteiger partial charge in [0.15, 0.2) is 6.10 Å². The van der Waals surface area contributed by atoms with Crippen LogP contribution in [0.4, 0.5) is 0 Å². The van der Waals surface area contributed by atoms with Crippen LogP contribution in [0.3, 0.4) is 0 Å². The fraction of sp³-hybridized carbons (Fsp3) is 0.894. The fourth-order valence-electron chi connectivity index (χ4n) is 9.79. The smallest absolute Gasteiger partial charge is 0.306 e. The molecule has 0 aromatic rings. The molecule has 424 valence electrons. The fourth-order valence-corrected chi connectivity index (χ4v) is 9.79. The highest BCUT2D eigenvalue weighted by Crippen LogP contribution is 2.18. The lowest BCUT2D eigenvalue weighted by Crippen LogP contribution is -2.30. The third-order valence-corrected chi connectivity index (χ3v) is 14.7. The van der Waals surface area contributed by atoms with E-state index in [4.69, 9.17) is 14.2 Å². The third-order valence-electron chi connectivity index (χ3n) is 14.7. The maximum Gasteiger partial charge on any atom is 0.306 e. The predicted octanol–water partition coefficient (Wildman–Crippen LogP) is 21.8. The molecule has 6 heteroatoms. The number of esters is 3. The van der Waals surface area contributed by atoms with Crippen LogP contribution in [0.25, 0.3) is 0 Å². The van der Waals surface area contributed by atoms with Gasteiger partial charge in [-0.1, -0.05) is 295 Å². The van der Waals surface area contributed by atoms with Gasteiger partial charge in [-0.2, -0.15) is 0 Å². The molecule has 6 nitrogen and oxygen atoms in total. The molecule has 72 heavy (non-hydrogen) atoms. The van der Waals surface area contributed by atoms with E-state index in [2.05, 4.69) is 45.1 Å². The molecule has 1 atom stereocenters. The zero-order chi connectivity index (χ0) is 52.2. The van der Waals surface area contributed by atoms with Crippen LogP contribution in [0.5, 0.6) is 0 Å². The Morgan fingerprint density at radius 2 is 0.458 bits per heavy atom. The highest BCUT2D eigenvalue weighted by atomic mass is 16.6. The monoisotopic (exact) mass is 1010 g/mol. The van der Waals surface area contributed by atoms with Crippen LogP contribution in [0.1, 0.15) is 361 Å². The summed E-state index contributed by atoms with van der Waals surface area (Å²) in [5.74, 6) is -0.857. The van der Waals surface area contributed by atoms with Gasteiger partial charge < -0.3 is 14.2 Å². The summed E-state index contributed by atoms with van der Waals surface area (Å²) in [5.41, 5.74) is 0.